The van der Waals surface area contributed by atoms with Crippen molar-refractivity contribution in [2.75, 3.05) is 11.9 Å². The molecule has 0 saturated carbocycles. The molecule has 1 amide bonds. The summed E-state index contributed by atoms with van der Waals surface area (Å²) in [6.45, 7) is 7.72. The molecule has 1 rings (SSSR count). The lowest BCUT2D eigenvalue weighted by atomic mass is 10.2. The fourth-order valence-electron chi connectivity index (χ4n) is 1.55. The minimum absolute atomic E-state index is 0.0371. The van der Waals surface area contributed by atoms with Crippen LogP contribution in [0.4, 0.5) is 5.00 Å². The van der Waals surface area contributed by atoms with Gasteiger partial charge < -0.3 is 10.6 Å². The van der Waals surface area contributed by atoms with Crippen LogP contribution in [-0.2, 0) is 4.79 Å². The molecule has 1 aromatic rings. The predicted molar refractivity (Wildman–Crippen MR) is 73.2 cm³/mol. The Labute approximate surface area is 111 Å². The van der Waals surface area contributed by atoms with E-state index in [-0.39, 0.29) is 17.7 Å². The number of nitrogens with zero attached hydrogens (tertiary/aromatic N) is 1. The molecule has 0 aliphatic carbocycles. The van der Waals surface area contributed by atoms with Crippen molar-refractivity contribution in [3.63, 3.8) is 0 Å². The summed E-state index contributed by atoms with van der Waals surface area (Å²) in [5, 5.41) is 6.52. The molecule has 0 aromatic carbocycles. The second-order valence-electron chi connectivity index (χ2n) is 4.19. The van der Waals surface area contributed by atoms with Gasteiger partial charge in [0.15, 0.2) is 5.78 Å². The van der Waals surface area contributed by atoms with E-state index in [1.807, 2.05) is 6.92 Å². The smallest absolute Gasteiger partial charge is 0.242 e. The largest absolute Gasteiger partial charge is 0.364 e. The molecular formula is C12H19N3O2S. The topological polar surface area (TPSA) is 71.1 Å². The van der Waals surface area contributed by atoms with E-state index in [1.54, 1.807) is 13.8 Å². The summed E-state index contributed by atoms with van der Waals surface area (Å²) < 4.78 is 4.14. The maximum atomic E-state index is 11.7. The number of aryl methyl sites for hydroxylation is 1. The fourth-order valence-corrected chi connectivity index (χ4v) is 2.48. The van der Waals surface area contributed by atoms with Gasteiger partial charge in [0.2, 0.25) is 5.91 Å². The highest BCUT2D eigenvalue weighted by Gasteiger charge is 2.19. The van der Waals surface area contributed by atoms with Gasteiger partial charge in [-0.2, -0.15) is 4.37 Å². The third kappa shape index (κ3) is 3.53. The summed E-state index contributed by atoms with van der Waals surface area (Å²) >= 11 is 1.21. The van der Waals surface area contributed by atoms with Crippen LogP contribution in [0.1, 0.15) is 43.2 Å². The third-order valence-electron chi connectivity index (χ3n) is 2.50. The van der Waals surface area contributed by atoms with Crippen molar-refractivity contribution in [1.29, 1.82) is 0 Å². The van der Waals surface area contributed by atoms with E-state index in [9.17, 15) is 9.59 Å². The molecule has 2 N–H and O–H groups in total. The fraction of sp³-hybridized carbons (Fsp3) is 0.583. The molecule has 1 heterocycles. The lowest BCUT2D eigenvalue weighted by molar-refractivity contribution is -0.121. The minimum Gasteiger partial charge on any atom is -0.364 e. The van der Waals surface area contributed by atoms with Crippen molar-refractivity contribution < 1.29 is 9.59 Å². The Balaban J connectivity index is 2.73. The third-order valence-corrected chi connectivity index (χ3v) is 3.37. The van der Waals surface area contributed by atoms with E-state index in [0.717, 1.165) is 6.42 Å². The van der Waals surface area contributed by atoms with Crippen LogP contribution in [0.25, 0.3) is 0 Å². The summed E-state index contributed by atoms with van der Waals surface area (Å²) in [4.78, 5) is 23.2. The zero-order valence-electron chi connectivity index (χ0n) is 11.2. The van der Waals surface area contributed by atoms with Crippen LogP contribution < -0.4 is 10.6 Å². The van der Waals surface area contributed by atoms with Crippen molar-refractivity contribution in [1.82, 2.24) is 9.69 Å². The van der Waals surface area contributed by atoms with E-state index in [2.05, 4.69) is 15.0 Å². The summed E-state index contributed by atoms with van der Waals surface area (Å²) in [7, 11) is 0. The first-order valence-corrected chi connectivity index (χ1v) is 6.76. The zero-order chi connectivity index (χ0) is 13.7. The summed E-state index contributed by atoms with van der Waals surface area (Å²) in [6, 6.07) is -0.380. The monoisotopic (exact) mass is 269 g/mol. The van der Waals surface area contributed by atoms with Crippen LogP contribution in [0, 0.1) is 6.92 Å². The molecule has 100 valence electrons. The second kappa shape index (κ2) is 6.49. The van der Waals surface area contributed by atoms with Crippen LogP contribution in [-0.4, -0.2) is 28.7 Å². The number of carbonyl (C=O) groups is 2. The number of ketones is 1. The van der Waals surface area contributed by atoms with E-state index >= 15 is 0 Å². The van der Waals surface area contributed by atoms with Crippen molar-refractivity contribution in [3.8, 4) is 0 Å². The molecule has 0 saturated heterocycles. The molecular weight excluding hydrogens is 250 g/mol. The number of aromatic nitrogens is 1. The van der Waals surface area contributed by atoms with Gasteiger partial charge in [0.1, 0.15) is 11.0 Å². The molecule has 0 radical (unpaired) electrons. The van der Waals surface area contributed by atoms with Gasteiger partial charge in [0, 0.05) is 6.54 Å². The van der Waals surface area contributed by atoms with Crippen LogP contribution in [0.15, 0.2) is 0 Å². The van der Waals surface area contributed by atoms with Crippen LogP contribution in [0.3, 0.4) is 0 Å². The number of amides is 1. The molecule has 0 aliphatic rings. The van der Waals surface area contributed by atoms with Crippen molar-refractivity contribution in [3.05, 3.63) is 11.3 Å². The number of carbonyl (C=O) groups excluding carboxylic acids is 2. The normalized spacial score (nSPS) is 12.0. The Bertz CT molecular complexity index is 443. The highest BCUT2D eigenvalue weighted by atomic mass is 32.1. The molecule has 6 heteroatoms. The van der Waals surface area contributed by atoms with Gasteiger partial charge in [0.25, 0.3) is 0 Å². The first kappa shape index (κ1) is 14.6. The molecule has 5 nitrogen and oxygen atoms in total. The minimum atomic E-state index is -0.380. The maximum Gasteiger partial charge on any atom is 0.242 e. The van der Waals surface area contributed by atoms with E-state index < -0.39 is 0 Å². The van der Waals surface area contributed by atoms with Crippen LogP contribution in [0.2, 0.25) is 0 Å². The van der Waals surface area contributed by atoms with Gasteiger partial charge in [-0.15, -0.1) is 0 Å². The number of hydrogen-bond acceptors (Lipinski definition) is 5. The van der Waals surface area contributed by atoms with Gasteiger partial charge in [-0.25, -0.2) is 0 Å². The van der Waals surface area contributed by atoms with Crippen LogP contribution in [0.5, 0.6) is 0 Å². The Kier molecular flexibility index (Phi) is 5.27. The SMILES string of the molecule is CCCNC(=O)C(C)Nc1snc(C)c1C(C)=O. The van der Waals surface area contributed by atoms with Crippen LogP contribution >= 0.6 is 11.5 Å². The Morgan fingerprint density at radius 2 is 2.11 bits per heavy atom. The second-order valence-corrected chi connectivity index (χ2v) is 4.96. The first-order chi connectivity index (χ1) is 8.47. The van der Waals surface area contributed by atoms with Gasteiger partial charge in [-0.05, 0) is 38.7 Å². The highest BCUT2D eigenvalue weighted by Crippen LogP contribution is 2.25. The average molecular weight is 269 g/mol. The van der Waals surface area contributed by atoms with E-state index in [1.165, 1.54) is 18.5 Å². The maximum absolute atomic E-state index is 11.7. The highest BCUT2D eigenvalue weighted by molar-refractivity contribution is 7.10. The molecule has 0 fully saturated rings. The number of anilines is 1. The molecule has 1 atom stereocenters. The molecule has 1 aromatic heterocycles. The summed E-state index contributed by atoms with van der Waals surface area (Å²) in [6.07, 6.45) is 0.900. The van der Waals surface area contributed by atoms with E-state index in [4.69, 9.17) is 0 Å². The van der Waals surface area contributed by atoms with Gasteiger partial charge in [-0.1, -0.05) is 6.92 Å². The lowest BCUT2D eigenvalue weighted by Crippen LogP contribution is -2.37. The molecule has 0 spiro atoms. The predicted octanol–water partition coefficient (Wildman–Crippen LogP) is 1.98. The number of Topliss-reactive ketones (excluding diaryl/α,β-unsaturated/α-hetero) is 1. The first-order valence-electron chi connectivity index (χ1n) is 5.98. The Morgan fingerprint density at radius 3 is 2.67 bits per heavy atom. The molecule has 0 bridgehead atoms. The summed E-state index contributed by atoms with van der Waals surface area (Å²) in [5.41, 5.74) is 1.28. The molecule has 1 unspecified atom stereocenters. The van der Waals surface area contributed by atoms with Gasteiger partial charge in [0.05, 0.1) is 11.3 Å². The number of rotatable bonds is 6. The quantitative estimate of drug-likeness (QED) is 0.775. The van der Waals surface area contributed by atoms with Crippen molar-refractivity contribution in [2.24, 2.45) is 0 Å². The average Bonchev–Trinajstić information content (AvgIpc) is 2.67. The Morgan fingerprint density at radius 1 is 1.44 bits per heavy atom. The summed E-state index contributed by atoms with van der Waals surface area (Å²) in [5.74, 6) is -0.109. The van der Waals surface area contributed by atoms with Crippen molar-refractivity contribution >= 4 is 28.2 Å². The molecule has 0 aliphatic heterocycles. The van der Waals surface area contributed by atoms with Gasteiger partial charge in [-0.3, -0.25) is 9.59 Å². The zero-order valence-corrected chi connectivity index (χ0v) is 12.0. The lowest BCUT2D eigenvalue weighted by Gasteiger charge is -2.14. The Hall–Kier alpha value is -1.43. The van der Waals surface area contributed by atoms with Crippen molar-refractivity contribution in [2.45, 2.75) is 40.2 Å². The van der Waals surface area contributed by atoms with Gasteiger partial charge >= 0.3 is 0 Å². The number of hydrogen-bond donors (Lipinski definition) is 2. The molecule has 18 heavy (non-hydrogen) atoms. The number of nitrogens with one attached hydrogen (secondary N) is 2. The van der Waals surface area contributed by atoms with E-state index in [0.29, 0.717) is 22.8 Å². The standard InChI is InChI=1S/C12H19N3O2S/c1-5-6-13-11(17)8(3)14-12-10(9(4)16)7(2)15-18-12/h8,14H,5-6H2,1-4H3,(H,13,17).